The van der Waals surface area contributed by atoms with E-state index < -0.39 is 23.1 Å². The fourth-order valence-corrected chi connectivity index (χ4v) is 3.77. The van der Waals surface area contributed by atoms with Gasteiger partial charge >= 0.3 is 0 Å². The Kier molecular flexibility index (Phi) is 5.62. The minimum atomic E-state index is -0.586. The second kappa shape index (κ2) is 7.81. The molecule has 8 nitrogen and oxygen atoms in total. The van der Waals surface area contributed by atoms with Gasteiger partial charge in [0.05, 0.1) is 17.7 Å². The highest BCUT2D eigenvalue weighted by Crippen LogP contribution is 2.48. The maximum atomic E-state index is 12.2. The molecule has 2 aliphatic rings. The van der Waals surface area contributed by atoms with Crippen LogP contribution in [0.3, 0.4) is 0 Å². The molecule has 1 aromatic carbocycles. The van der Waals surface area contributed by atoms with Gasteiger partial charge in [0.1, 0.15) is 16.5 Å². The predicted molar refractivity (Wildman–Crippen MR) is 105 cm³/mol. The lowest BCUT2D eigenvalue weighted by molar-refractivity contribution is -0.122. The highest BCUT2D eigenvalue weighted by atomic mass is 35.5. The van der Waals surface area contributed by atoms with E-state index >= 15 is 0 Å². The number of hydrogen-bond acceptors (Lipinski definition) is 7. The lowest BCUT2D eigenvalue weighted by Gasteiger charge is -2.37. The predicted octanol–water partition coefficient (Wildman–Crippen LogP) is 1.33. The number of piperazine rings is 1. The van der Waals surface area contributed by atoms with Crippen LogP contribution in [0, 0.1) is 0 Å². The van der Waals surface area contributed by atoms with Crippen molar-refractivity contribution in [3.05, 3.63) is 28.3 Å². The number of aromatic hydroxyl groups is 2. The number of hydrogen-bond donors (Lipinski definition) is 3. The number of nitrogens with zero attached hydrogens (tertiary/aromatic N) is 2. The minimum absolute atomic E-state index is 0.0633. The first kappa shape index (κ1) is 20.2. The second-order valence-electron chi connectivity index (χ2n) is 7.16. The van der Waals surface area contributed by atoms with Crippen molar-refractivity contribution in [3.63, 3.8) is 0 Å². The number of ketones is 2. The molecule has 150 valence electrons. The molecule has 3 N–H and O–H groups in total. The highest BCUT2D eigenvalue weighted by molar-refractivity contribution is 6.37. The van der Waals surface area contributed by atoms with Gasteiger partial charge in [-0.15, -0.1) is 0 Å². The van der Waals surface area contributed by atoms with Crippen molar-refractivity contribution in [1.29, 1.82) is 0 Å². The van der Waals surface area contributed by atoms with Crippen LogP contribution in [0.2, 0.25) is 5.02 Å². The van der Waals surface area contributed by atoms with E-state index in [0.29, 0.717) is 26.2 Å². The van der Waals surface area contributed by atoms with E-state index in [9.17, 15) is 24.6 Å². The number of nitrogens with one attached hydrogen (secondary N) is 1. The molecule has 1 aromatic rings. The smallest absolute Gasteiger partial charge is 0.234 e. The van der Waals surface area contributed by atoms with Crippen LogP contribution < -0.4 is 10.2 Å². The van der Waals surface area contributed by atoms with E-state index in [4.69, 9.17) is 11.6 Å². The summed E-state index contributed by atoms with van der Waals surface area (Å²) in [4.78, 5) is 39.9. The van der Waals surface area contributed by atoms with E-state index in [1.165, 1.54) is 0 Å². The van der Waals surface area contributed by atoms with Gasteiger partial charge in [0, 0.05) is 32.2 Å². The number of phenols is 2. The zero-order chi connectivity index (χ0) is 20.6. The van der Waals surface area contributed by atoms with Crippen molar-refractivity contribution in [2.24, 2.45) is 0 Å². The average molecular weight is 408 g/mol. The van der Waals surface area contributed by atoms with Gasteiger partial charge in [0.25, 0.3) is 0 Å². The van der Waals surface area contributed by atoms with Crippen LogP contribution in [-0.2, 0) is 4.79 Å². The van der Waals surface area contributed by atoms with Crippen LogP contribution in [0.1, 0.15) is 34.6 Å². The molecule has 1 heterocycles. The summed E-state index contributed by atoms with van der Waals surface area (Å²) in [6.07, 6.45) is 2.10. The zero-order valence-corrected chi connectivity index (χ0v) is 16.4. The Bertz CT molecular complexity index is 873. The standard InChI is InChI=1S/C19H22ClN3O5/c1-10(2)21-13(26)9-22-5-7-23(8-6-22)17-16(20)18(27)14-11(24)3-4-12(25)15(14)19(17)28/h3-4,10,27-28H,5-9H2,1-2H3,(H,21,26). The van der Waals surface area contributed by atoms with E-state index in [1.54, 1.807) is 4.90 Å². The van der Waals surface area contributed by atoms with Gasteiger partial charge in [-0.25, -0.2) is 0 Å². The summed E-state index contributed by atoms with van der Waals surface area (Å²) in [7, 11) is 0. The fraction of sp³-hybridized carbons (Fsp3) is 0.421. The van der Waals surface area contributed by atoms with Crippen LogP contribution >= 0.6 is 11.6 Å². The summed E-state index contributed by atoms with van der Waals surface area (Å²) in [5.74, 6) is -2.13. The zero-order valence-electron chi connectivity index (χ0n) is 15.7. The molecule has 0 unspecified atom stereocenters. The summed E-state index contributed by atoms with van der Waals surface area (Å²) in [5, 5.41) is 23.7. The Morgan fingerprint density at radius 3 is 2.14 bits per heavy atom. The molecule has 0 bridgehead atoms. The summed E-state index contributed by atoms with van der Waals surface area (Å²) >= 11 is 6.24. The van der Waals surface area contributed by atoms with Crippen molar-refractivity contribution < 1.29 is 24.6 Å². The number of anilines is 1. The van der Waals surface area contributed by atoms with Crippen molar-refractivity contribution in [3.8, 4) is 11.5 Å². The molecular formula is C19H22ClN3O5. The first-order valence-electron chi connectivity index (χ1n) is 9.01. The molecule has 1 fully saturated rings. The Morgan fingerprint density at radius 1 is 1.07 bits per heavy atom. The number of benzene rings is 1. The third-order valence-electron chi connectivity index (χ3n) is 4.75. The maximum Gasteiger partial charge on any atom is 0.234 e. The highest BCUT2D eigenvalue weighted by Gasteiger charge is 2.34. The molecule has 9 heteroatoms. The number of phenolic OH excluding ortho intramolecular Hbond substituents is 2. The Hall–Kier alpha value is -2.58. The third-order valence-corrected chi connectivity index (χ3v) is 5.11. The van der Waals surface area contributed by atoms with E-state index in [1.807, 2.05) is 18.7 Å². The number of carbonyl (C=O) groups is 3. The van der Waals surface area contributed by atoms with Crippen molar-refractivity contribution in [1.82, 2.24) is 10.2 Å². The molecule has 1 aliphatic carbocycles. The third kappa shape index (κ3) is 3.70. The summed E-state index contributed by atoms with van der Waals surface area (Å²) in [6, 6.07) is 0.0670. The molecule has 0 atom stereocenters. The molecule has 1 saturated heterocycles. The van der Waals surface area contributed by atoms with Gasteiger partial charge in [-0.05, 0) is 26.0 Å². The largest absolute Gasteiger partial charge is 0.505 e. The molecular weight excluding hydrogens is 386 g/mol. The average Bonchev–Trinajstić information content (AvgIpc) is 2.62. The molecule has 3 rings (SSSR count). The fourth-order valence-electron chi connectivity index (χ4n) is 3.47. The molecule has 28 heavy (non-hydrogen) atoms. The number of halogens is 1. The number of amides is 1. The van der Waals surface area contributed by atoms with Crippen molar-refractivity contribution >= 4 is 34.8 Å². The Labute approximate surface area is 167 Å². The molecule has 1 aliphatic heterocycles. The van der Waals surface area contributed by atoms with Crippen molar-refractivity contribution in [2.75, 3.05) is 37.6 Å². The molecule has 0 saturated carbocycles. The quantitative estimate of drug-likeness (QED) is 0.646. The molecule has 1 amide bonds. The van der Waals surface area contributed by atoms with Crippen LogP contribution in [0.4, 0.5) is 5.69 Å². The van der Waals surface area contributed by atoms with Gasteiger partial charge in [-0.2, -0.15) is 0 Å². The summed E-state index contributed by atoms with van der Waals surface area (Å²) in [6.45, 7) is 5.97. The summed E-state index contributed by atoms with van der Waals surface area (Å²) in [5.41, 5.74) is -0.383. The number of allylic oxidation sites excluding steroid dienone is 2. The second-order valence-corrected chi connectivity index (χ2v) is 7.54. The lowest BCUT2D eigenvalue weighted by atomic mass is 9.91. The van der Waals surface area contributed by atoms with E-state index in [0.717, 1.165) is 12.2 Å². The first-order valence-corrected chi connectivity index (χ1v) is 9.39. The van der Waals surface area contributed by atoms with Gasteiger partial charge < -0.3 is 20.4 Å². The number of fused-ring (bicyclic) bond motifs is 1. The van der Waals surface area contributed by atoms with Gasteiger partial charge in [-0.3, -0.25) is 19.3 Å². The van der Waals surface area contributed by atoms with Crippen LogP contribution in [-0.4, -0.2) is 71.4 Å². The molecule has 0 spiro atoms. The molecule has 0 radical (unpaired) electrons. The SMILES string of the molecule is CC(C)NC(=O)CN1CCN(c2c(O)c3c(c(O)c2Cl)C(=O)C=CC3=O)CC1. The van der Waals surface area contributed by atoms with E-state index in [2.05, 4.69) is 5.32 Å². The van der Waals surface area contributed by atoms with Crippen LogP contribution in [0.25, 0.3) is 0 Å². The normalized spacial score (nSPS) is 17.2. The minimum Gasteiger partial charge on any atom is -0.505 e. The van der Waals surface area contributed by atoms with Crippen LogP contribution in [0.5, 0.6) is 11.5 Å². The monoisotopic (exact) mass is 407 g/mol. The number of rotatable bonds is 4. The maximum absolute atomic E-state index is 12.2. The van der Waals surface area contributed by atoms with Gasteiger partial charge in [-0.1, -0.05) is 11.6 Å². The topological polar surface area (TPSA) is 110 Å². The first-order chi connectivity index (χ1) is 13.2. The molecule has 0 aromatic heterocycles. The Morgan fingerprint density at radius 2 is 1.61 bits per heavy atom. The summed E-state index contributed by atoms with van der Waals surface area (Å²) < 4.78 is 0. The van der Waals surface area contributed by atoms with E-state index in [-0.39, 0.29) is 40.3 Å². The number of carbonyl (C=O) groups excluding carboxylic acids is 3. The van der Waals surface area contributed by atoms with Gasteiger partial charge in [0.15, 0.2) is 17.3 Å². The van der Waals surface area contributed by atoms with Crippen LogP contribution in [0.15, 0.2) is 12.2 Å². The van der Waals surface area contributed by atoms with Crippen molar-refractivity contribution in [2.45, 2.75) is 19.9 Å². The Balaban J connectivity index is 1.82. The lowest BCUT2D eigenvalue weighted by Crippen LogP contribution is -2.50. The van der Waals surface area contributed by atoms with Gasteiger partial charge in [0.2, 0.25) is 5.91 Å².